The van der Waals surface area contributed by atoms with Crippen LogP contribution in [0.5, 0.6) is 0 Å². The van der Waals surface area contributed by atoms with E-state index in [-0.39, 0.29) is 5.91 Å². The van der Waals surface area contributed by atoms with Crippen LogP contribution in [0.3, 0.4) is 0 Å². The molecular weight excluding hydrogens is 308 g/mol. The van der Waals surface area contributed by atoms with Crippen molar-refractivity contribution in [3.63, 3.8) is 0 Å². The molecule has 0 radical (unpaired) electrons. The van der Waals surface area contributed by atoms with Gasteiger partial charge in [-0.2, -0.15) is 11.3 Å². The van der Waals surface area contributed by atoms with Crippen molar-refractivity contribution in [2.45, 2.75) is 26.8 Å². The molecule has 2 aromatic heterocycles. The van der Waals surface area contributed by atoms with Crippen LogP contribution >= 0.6 is 22.7 Å². The molecule has 0 bridgehead atoms. The SMILES string of the molecule is Cc1nc(-c2ccsc2)sc1C(=O)NC(C)C(C)C(=O)O. The fraction of sp³-hybridized carbons (Fsp3) is 0.357. The number of thiazole rings is 1. The molecule has 112 valence electrons. The smallest absolute Gasteiger partial charge is 0.308 e. The number of amides is 1. The highest BCUT2D eigenvalue weighted by molar-refractivity contribution is 7.17. The van der Waals surface area contributed by atoms with Gasteiger partial charge in [0.1, 0.15) is 9.88 Å². The molecule has 0 saturated heterocycles. The number of aryl methyl sites for hydroxylation is 1. The Morgan fingerprint density at radius 3 is 2.67 bits per heavy atom. The number of carbonyl (C=O) groups is 2. The first-order chi connectivity index (χ1) is 9.90. The van der Waals surface area contributed by atoms with Crippen LogP contribution in [0.1, 0.15) is 29.2 Å². The fourth-order valence-electron chi connectivity index (χ4n) is 1.73. The van der Waals surface area contributed by atoms with Crippen LogP contribution in [-0.2, 0) is 4.79 Å². The monoisotopic (exact) mass is 324 g/mol. The Morgan fingerprint density at radius 1 is 1.38 bits per heavy atom. The summed E-state index contributed by atoms with van der Waals surface area (Å²) in [7, 11) is 0. The zero-order valence-corrected chi connectivity index (χ0v) is 13.5. The third kappa shape index (κ3) is 3.48. The van der Waals surface area contributed by atoms with Gasteiger partial charge in [0, 0.05) is 17.0 Å². The van der Waals surface area contributed by atoms with Gasteiger partial charge in [0.25, 0.3) is 5.91 Å². The van der Waals surface area contributed by atoms with Gasteiger partial charge in [-0.15, -0.1) is 11.3 Å². The molecule has 7 heteroatoms. The molecule has 0 aliphatic carbocycles. The Balaban J connectivity index is 2.15. The second-order valence-electron chi connectivity index (χ2n) is 4.83. The molecule has 5 nitrogen and oxygen atoms in total. The van der Waals surface area contributed by atoms with Crippen molar-refractivity contribution in [2.24, 2.45) is 5.92 Å². The van der Waals surface area contributed by atoms with Crippen molar-refractivity contribution in [1.29, 1.82) is 0 Å². The Kier molecular flexibility index (Phi) is 4.74. The maximum atomic E-state index is 12.3. The number of carbonyl (C=O) groups excluding carboxylic acids is 1. The van der Waals surface area contributed by atoms with Crippen molar-refractivity contribution in [2.75, 3.05) is 0 Å². The molecule has 2 atom stereocenters. The molecule has 0 aliphatic rings. The lowest BCUT2D eigenvalue weighted by Gasteiger charge is -2.17. The highest BCUT2D eigenvalue weighted by Crippen LogP contribution is 2.29. The maximum absolute atomic E-state index is 12.3. The van der Waals surface area contributed by atoms with Gasteiger partial charge in [0.05, 0.1) is 11.6 Å². The third-order valence-electron chi connectivity index (χ3n) is 3.27. The number of nitrogens with zero attached hydrogens (tertiary/aromatic N) is 1. The van der Waals surface area contributed by atoms with Gasteiger partial charge < -0.3 is 10.4 Å². The zero-order chi connectivity index (χ0) is 15.6. The lowest BCUT2D eigenvalue weighted by atomic mass is 10.0. The minimum absolute atomic E-state index is 0.271. The van der Waals surface area contributed by atoms with E-state index in [1.165, 1.54) is 11.3 Å². The highest BCUT2D eigenvalue weighted by atomic mass is 32.1. The van der Waals surface area contributed by atoms with E-state index in [1.54, 1.807) is 32.1 Å². The lowest BCUT2D eigenvalue weighted by molar-refractivity contribution is -0.141. The number of aliphatic carboxylic acids is 1. The largest absolute Gasteiger partial charge is 0.481 e. The minimum atomic E-state index is -0.928. The van der Waals surface area contributed by atoms with Gasteiger partial charge in [0.2, 0.25) is 0 Å². The summed E-state index contributed by atoms with van der Waals surface area (Å²) in [6.45, 7) is 5.04. The summed E-state index contributed by atoms with van der Waals surface area (Å²) in [5, 5.41) is 16.4. The van der Waals surface area contributed by atoms with Crippen molar-refractivity contribution in [1.82, 2.24) is 10.3 Å². The summed E-state index contributed by atoms with van der Waals surface area (Å²) in [5.74, 6) is -1.84. The summed E-state index contributed by atoms with van der Waals surface area (Å²) < 4.78 is 0. The topological polar surface area (TPSA) is 79.3 Å². The van der Waals surface area contributed by atoms with E-state index < -0.39 is 17.9 Å². The second kappa shape index (κ2) is 6.36. The van der Waals surface area contributed by atoms with Gasteiger partial charge in [-0.1, -0.05) is 0 Å². The summed E-state index contributed by atoms with van der Waals surface area (Å²) in [6, 6.07) is 1.51. The molecule has 1 amide bonds. The van der Waals surface area contributed by atoms with Gasteiger partial charge in [0.15, 0.2) is 0 Å². The summed E-state index contributed by atoms with van der Waals surface area (Å²) >= 11 is 2.90. The van der Waals surface area contributed by atoms with Gasteiger partial charge in [-0.3, -0.25) is 9.59 Å². The normalized spacial score (nSPS) is 13.7. The van der Waals surface area contributed by atoms with Gasteiger partial charge in [-0.25, -0.2) is 4.98 Å². The number of hydrogen-bond donors (Lipinski definition) is 2. The van der Waals surface area contributed by atoms with Crippen molar-refractivity contribution in [3.05, 3.63) is 27.4 Å². The number of carboxylic acid groups (broad SMARTS) is 1. The number of carboxylic acids is 1. The minimum Gasteiger partial charge on any atom is -0.481 e. The van der Waals surface area contributed by atoms with E-state index in [0.29, 0.717) is 10.6 Å². The Bertz CT molecular complexity index is 649. The van der Waals surface area contributed by atoms with E-state index in [9.17, 15) is 9.59 Å². The van der Waals surface area contributed by atoms with Crippen LogP contribution in [0.15, 0.2) is 16.8 Å². The number of hydrogen-bond acceptors (Lipinski definition) is 5. The number of nitrogens with one attached hydrogen (secondary N) is 1. The average molecular weight is 324 g/mol. The van der Waals surface area contributed by atoms with Crippen LogP contribution in [0.2, 0.25) is 0 Å². The molecule has 2 heterocycles. The lowest BCUT2D eigenvalue weighted by Crippen LogP contribution is -2.39. The summed E-state index contributed by atoms with van der Waals surface area (Å²) in [6.07, 6.45) is 0. The molecule has 2 aromatic rings. The van der Waals surface area contributed by atoms with E-state index >= 15 is 0 Å². The quantitative estimate of drug-likeness (QED) is 0.886. The summed E-state index contributed by atoms with van der Waals surface area (Å²) in [5.41, 5.74) is 1.66. The van der Waals surface area contributed by atoms with Crippen LogP contribution < -0.4 is 5.32 Å². The number of aromatic nitrogens is 1. The zero-order valence-electron chi connectivity index (χ0n) is 11.9. The predicted octanol–water partition coefficient (Wildman–Crippen LogP) is 3.02. The Morgan fingerprint density at radius 2 is 2.10 bits per heavy atom. The first kappa shape index (κ1) is 15.7. The molecular formula is C14H16N2O3S2. The molecule has 0 spiro atoms. The van der Waals surface area contributed by atoms with E-state index in [0.717, 1.165) is 10.6 Å². The molecule has 0 saturated carbocycles. The second-order valence-corrected chi connectivity index (χ2v) is 6.61. The molecule has 0 fully saturated rings. The van der Waals surface area contributed by atoms with Crippen LogP contribution in [-0.4, -0.2) is 28.0 Å². The summed E-state index contributed by atoms with van der Waals surface area (Å²) in [4.78, 5) is 28.1. The maximum Gasteiger partial charge on any atom is 0.308 e. The number of thiophene rings is 1. The Hall–Kier alpha value is -1.73. The first-order valence-corrected chi connectivity index (χ1v) is 8.19. The predicted molar refractivity (Wildman–Crippen MR) is 83.9 cm³/mol. The van der Waals surface area contributed by atoms with E-state index in [4.69, 9.17) is 5.11 Å². The van der Waals surface area contributed by atoms with Crippen molar-refractivity contribution >= 4 is 34.6 Å². The molecule has 21 heavy (non-hydrogen) atoms. The van der Waals surface area contributed by atoms with Crippen LogP contribution in [0.4, 0.5) is 0 Å². The highest BCUT2D eigenvalue weighted by Gasteiger charge is 2.23. The first-order valence-electron chi connectivity index (χ1n) is 6.43. The molecule has 0 aromatic carbocycles. The van der Waals surface area contributed by atoms with Gasteiger partial charge in [-0.05, 0) is 32.2 Å². The standard InChI is InChI=1S/C14H16N2O3S2/c1-7(14(18)19)8(2)15-12(17)11-9(3)16-13(21-11)10-4-5-20-6-10/h4-8H,1-3H3,(H,15,17)(H,18,19). The van der Waals surface area contributed by atoms with Crippen molar-refractivity contribution in [3.8, 4) is 10.6 Å². The number of rotatable bonds is 5. The fourth-order valence-corrected chi connectivity index (χ4v) is 3.41. The van der Waals surface area contributed by atoms with Crippen LogP contribution in [0.25, 0.3) is 10.6 Å². The molecule has 2 unspecified atom stereocenters. The van der Waals surface area contributed by atoms with Crippen molar-refractivity contribution < 1.29 is 14.7 Å². The van der Waals surface area contributed by atoms with Crippen LogP contribution in [0, 0.1) is 12.8 Å². The van der Waals surface area contributed by atoms with E-state index in [2.05, 4.69) is 10.3 Å². The molecule has 2 rings (SSSR count). The molecule has 2 N–H and O–H groups in total. The average Bonchev–Trinajstić information content (AvgIpc) is 3.06. The third-order valence-corrected chi connectivity index (χ3v) is 5.16. The Labute approximate surface area is 130 Å². The van der Waals surface area contributed by atoms with E-state index in [1.807, 2.05) is 16.8 Å². The molecule has 0 aliphatic heterocycles. The van der Waals surface area contributed by atoms with Gasteiger partial charge >= 0.3 is 5.97 Å².